The summed E-state index contributed by atoms with van der Waals surface area (Å²) >= 11 is 2.76. The van der Waals surface area contributed by atoms with Crippen LogP contribution in [0.25, 0.3) is 9.53 Å². The summed E-state index contributed by atoms with van der Waals surface area (Å²) in [5.74, 6) is -0.344. The van der Waals surface area contributed by atoms with E-state index in [0.29, 0.717) is 28.6 Å². The van der Waals surface area contributed by atoms with Crippen LogP contribution in [0, 0.1) is 11.3 Å². The topological polar surface area (TPSA) is 108 Å². The Hall–Kier alpha value is -3.94. The average molecular weight is 532 g/mol. The van der Waals surface area contributed by atoms with E-state index in [1.54, 1.807) is 24.3 Å². The number of carbonyl (C=O) groups is 2. The zero-order valence-corrected chi connectivity index (χ0v) is 21.9. The fourth-order valence-electron chi connectivity index (χ4n) is 3.65. The maximum Gasteiger partial charge on any atom is 0.338 e. The van der Waals surface area contributed by atoms with Crippen LogP contribution < -0.4 is 4.90 Å². The lowest BCUT2D eigenvalue weighted by Gasteiger charge is -2.23. The highest BCUT2D eigenvalue weighted by Crippen LogP contribution is 2.34. The largest absolute Gasteiger partial charge is 0.462 e. The molecule has 0 aliphatic carbocycles. The van der Waals surface area contributed by atoms with Crippen molar-refractivity contribution in [2.45, 2.75) is 26.2 Å². The zero-order valence-electron chi connectivity index (χ0n) is 20.3. The number of aldehydes is 1. The van der Waals surface area contributed by atoms with Gasteiger partial charge in [-0.3, -0.25) is 4.79 Å². The number of fused-ring (bicyclic) bond motifs is 1. The van der Waals surface area contributed by atoms with Crippen molar-refractivity contribution in [3.8, 4) is 6.07 Å². The number of esters is 1. The standard InChI is InChI=1S/C27H25N5O3S2/c1-2-32(15-3-4-16-35-26(34)20-7-5-19(6-8-20)13-14-28)22-11-9-21(10-12-22)30-31-27-29-25-24(37-27)17-23(18-33)36-25/h5-12,17-18H,2-4,13,15-16H2,1H3. The van der Waals surface area contributed by atoms with Crippen molar-refractivity contribution in [1.29, 1.82) is 5.26 Å². The number of thiazole rings is 1. The third-order valence-corrected chi connectivity index (χ3v) is 7.56. The summed E-state index contributed by atoms with van der Waals surface area (Å²) in [4.78, 5) is 31.2. The first-order valence-corrected chi connectivity index (χ1v) is 13.5. The van der Waals surface area contributed by atoms with Crippen molar-refractivity contribution >= 4 is 61.0 Å². The molecular weight excluding hydrogens is 506 g/mol. The minimum absolute atomic E-state index is 0.326. The van der Waals surface area contributed by atoms with Crippen LogP contribution in [-0.4, -0.2) is 36.9 Å². The maximum absolute atomic E-state index is 12.2. The SMILES string of the molecule is CCN(CCCCOC(=O)c1ccc(CC#N)cc1)c1ccc(N=Nc2nc3sc(C=O)cc3s2)cc1. The molecule has 0 N–H and O–H groups in total. The average Bonchev–Trinajstić information content (AvgIpc) is 3.49. The molecule has 0 aliphatic rings. The van der Waals surface area contributed by atoms with Gasteiger partial charge in [0.25, 0.3) is 0 Å². The Morgan fingerprint density at radius 3 is 2.57 bits per heavy atom. The normalized spacial score (nSPS) is 11.0. The Balaban J connectivity index is 1.22. The van der Waals surface area contributed by atoms with Gasteiger partial charge >= 0.3 is 5.97 Å². The first-order chi connectivity index (χ1) is 18.1. The highest BCUT2D eigenvalue weighted by molar-refractivity contribution is 7.29. The van der Waals surface area contributed by atoms with E-state index in [2.05, 4.69) is 33.1 Å². The van der Waals surface area contributed by atoms with Crippen LogP contribution in [0.2, 0.25) is 0 Å². The van der Waals surface area contributed by atoms with Crippen LogP contribution in [0.5, 0.6) is 0 Å². The quantitative estimate of drug-likeness (QED) is 0.0834. The molecule has 37 heavy (non-hydrogen) atoms. The summed E-state index contributed by atoms with van der Waals surface area (Å²) in [6, 6.07) is 18.7. The van der Waals surface area contributed by atoms with Gasteiger partial charge in [0.2, 0.25) is 5.13 Å². The van der Waals surface area contributed by atoms with E-state index in [1.165, 1.54) is 22.7 Å². The molecule has 0 fully saturated rings. The summed E-state index contributed by atoms with van der Waals surface area (Å²) in [5.41, 5.74) is 3.20. The van der Waals surface area contributed by atoms with Gasteiger partial charge in [0.05, 0.1) is 39.9 Å². The van der Waals surface area contributed by atoms with Crippen molar-refractivity contribution in [2.24, 2.45) is 10.2 Å². The summed E-state index contributed by atoms with van der Waals surface area (Å²) in [6.45, 7) is 4.17. The third-order valence-electron chi connectivity index (χ3n) is 5.59. The molecule has 0 atom stereocenters. The number of nitriles is 1. The molecule has 0 unspecified atom stereocenters. The van der Waals surface area contributed by atoms with Crippen LogP contribution in [-0.2, 0) is 11.2 Å². The van der Waals surface area contributed by atoms with E-state index in [0.717, 1.165) is 58.7 Å². The fraction of sp³-hybridized carbons (Fsp3) is 0.259. The van der Waals surface area contributed by atoms with Crippen molar-refractivity contribution in [3.63, 3.8) is 0 Å². The number of carbonyl (C=O) groups excluding carboxylic acids is 2. The summed E-state index contributed by atoms with van der Waals surface area (Å²) in [6.07, 6.45) is 2.81. The second-order valence-electron chi connectivity index (χ2n) is 8.10. The van der Waals surface area contributed by atoms with Crippen LogP contribution in [0.3, 0.4) is 0 Å². The lowest BCUT2D eigenvalue weighted by Crippen LogP contribution is -2.24. The number of benzene rings is 2. The molecule has 0 bridgehead atoms. The minimum Gasteiger partial charge on any atom is -0.462 e. The van der Waals surface area contributed by atoms with Gasteiger partial charge in [-0.1, -0.05) is 23.5 Å². The number of thiophene rings is 1. The van der Waals surface area contributed by atoms with Gasteiger partial charge in [0.15, 0.2) is 6.29 Å². The minimum atomic E-state index is -0.344. The first kappa shape index (κ1) is 26.1. The van der Waals surface area contributed by atoms with Crippen LogP contribution in [0.15, 0.2) is 64.8 Å². The van der Waals surface area contributed by atoms with E-state index in [9.17, 15) is 9.59 Å². The number of unbranched alkanes of at least 4 members (excludes halogenated alkanes) is 1. The third kappa shape index (κ3) is 7.06. The lowest BCUT2D eigenvalue weighted by atomic mass is 10.1. The molecule has 8 nitrogen and oxygen atoms in total. The highest BCUT2D eigenvalue weighted by Gasteiger charge is 2.09. The molecule has 10 heteroatoms. The van der Waals surface area contributed by atoms with E-state index in [1.807, 2.05) is 30.3 Å². The summed E-state index contributed by atoms with van der Waals surface area (Å²) < 4.78 is 6.33. The molecule has 2 aromatic carbocycles. The van der Waals surface area contributed by atoms with E-state index < -0.39 is 0 Å². The Kier molecular flexibility index (Phi) is 9.08. The van der Waals surface area contributed by atoms with Crippen molar-refractivity contribution in [1.82, 2.24) is 4.98 Å². The van der Waals surface area contributed by atoms with Crippen molar-refractivity contribution in [3.05, 3.63) is 70.6 Å². The highest BCUT2D eigenvalue weighted by atomic mass is 32.1. The Morgan fingerprint density at radius 2 is 1.89 bits per heavy atom. The van der Waals surface area contributed by atoms with E-state index in [-0.39, 0.29) is 5.97 Å². The molecule has 2 heterocycles. The van der Waals surface area contributed by atoms with Crippen LogP contribution in [0.1, 0.15) is 45.4 Å². The first-order valence-electron chi connectivity index (χ1n) is 11.8. The van der Waals surface area contributed by atoms with Gasteiger partial charge in [-0.15, -0.1) is 21.6 Å². The van der Waals surface area contributed by atoms with Crippen molar-refractivity contribution in [2.75, 3.05) is 24.6 Å². The predicted molar refractivity (Wildman–Crippen MR) is 147 cm³/mol. The number of aromatic nitrogens is 1. The number of anilines is 1. The number of ether oxygens (including phenoxy) is 1. The van der Waals surface area contributed by atoms with Crippen LogP contribution >= 0.6 is 22.7 Å². The second kappa shape index (κ2) is 12.9. The molecule has 4 rings (SSSR count). The zero-order chi connectivity index (χ0) is 26.0. The fourth-order valence-corrected chi connectivity index (χ4v) is 5.50. The Morgan fingerprint density at radius 1 is 1.11 bits per heavy atom. The van der Waals surface area contributed by atoms with Crippen molar-refractivity contribution < 1.29 is 14.3 Å². The van der Waals surface area contributed by atoms with Gasteiger partial charge in [0.1, 0.15) is 4.83 Å². The van der Waals surface area contributed by atoms with Crippen LogP contribution in [0.4, 0.5) is 16.5 Å². The molecule has 2 aromatic heterocycles. The molecule has 0 saturated carbocycles. The smallest absolute Gasteiger partial charge is 0.338 e. The molecule has 0 saturated heterocycles. The Labute approximate surface area is 222 Å². The molecule has 0 amide bonds. The predicted octanol–water partition coefficient (Wildman–Crippen LogP) is 7.12. The molecule has 4 aromatic rings. The molecule has 188 valence electrons. The van der Waals surface area contributed by atoms with Gasteiger partial charge in [-0.2, -0.15) is 5.26 Å². The lowest BCUT2D eigenvalue weighted by molar-refractivity contribution is 0.0499. The maximum atomic E-state index is 12.2. The van der Waals surface area contributed by atoms with Gasteiger partial charge in [0, 0.05) is 18.8 Å². The van der Waals surface area contributed by atoms with E-state index >= 15 is 0 Å². The number of nitrogens with zero attached hydrogens (tertiary/aromatic N) is 5. The number of rotatable bonds is 12. The Bertz CT molecular complexity index is 1390. The second-order valence-corrected chi connectivity index (χ2v) is 10.2. The molecular formula is C27H25N5O3S2. The molecule has 0 spiro atoms. The monoisotopic (exact) mass is 531 g/mol. The molecule has 0 radical (unpaired) electrons. The van der Waals surface area contributed by atoms with E-state index in [4.69, 9.17) is 10.00 Å². The number of azo groups is 1. The van der Waals surface area contributed by atoms with Gasteiger partial charge in [-0.25, -0.2) is 9.78 Å². The summed E-state index contributed by atoms with van der Waals surface area (Å²) in [5, 5.41) is 17.8. The van der Waals surface area contributed by atoms with Gasteiger partial charge < -0.3 is 9.64 Å². The number of hydrogen-bond acceptors (Lipinski definition) is 10. The molecule has 0 aliphatic heterocycles. The van der Waals surface area contributed by atoms with Gasteiger partial charge in [-0.05, 0) is 67.8 Å². The number of hydrogen-bond donors (Lipinski definition) is 0. The summed E-state index contributed by atoms with van der Waals surface area (Å²) in [7, 11) is 0.